The van der Waals surface area contributed by atoms with E-state index in [1.54, 1.807) is 31.2 Å². The van der Waals surface area contributed by atoms with Crippen LogP contribution in [0.25, 0.3) is 0 Å². The number of aryl methyl sites for hydroxylation is 1. The van der Waals surface area contributed by atoms with E-state index in [9.17, 15) is 14.4 Å². The Hall–Kier alpha value is -2.83. The van der Waals surface area contributed by atoms with Crippen LogP contribution >= 0.6 is 0 Å². The lowest BCUT2D eigenvalue weighted by molar-refractivity contribution is -0.116. The molecule has 0 saturated heterocycles. The quantitative estimate of drug-likeness (QED) is 0.688. The van der Waals surface area contributed by atoms with Crippen molar-refractivity contribution < 1.29 is 4.79 Å². The number of para-hydroxylation sites is 2. The highest BCUT2D eigenvalue weighted by molar-refractivity contribution is 5.93. The molecule has 0 radical (unpaired) electrons. The monoisotopic (exact) mass is 274 g/mol. The van der Waals surface area contributed by atoms with E-state index in [0.717, 1.165) is 4.57 Å². The maximum atomic E-state index is 11.9. The summed E-state index contributed by atoms with van der Waals surface area (Å²) in [6.45, 7) is 1.35. The number of amides is 1. The van der Waals surface area contributed by atoms with Gasteiger partial charge in [-0.3, -0.25) is 19.1 Å². The van der Waals surface area contributed by atoms with Crippen molar-refractivity contribution in [3.05, 3.63) is 56.9 Å². The van der Waals surface area contributed by atoms with Crippen molar-refractivity contribution in [2.45, 2.75) is 13.5 Å². The Labute approximate surface area is 114 Å². The fourth-order valence-corrected chi connectivity index (χ4v) is 1.69. The molecule has 20 heavy (non-hydrogen) atoms. The van der Waals surface area contributed by atoms with E-state index in [4.69, 9.17) is 5.73 Å². The number of rotatable bonds is 3. The molecule has 1 heterocycles. The highest BCUT2D eigenvalue weighted by Gasteiger charge is 2.08. The molecule has 1 amide bonds. The second-order valence-corrected chi connectivity index (χ2v) is 4.33. The van der Waals surface area contributed by atoms with Crippen molar-refractivity contribution in [1.29, 1.82) is 0 Å². The number of anilines is 2. The van der Waals surface area contributed by atoms with Gasteiger partial charge in [-0.1, -0.05) is 12.1 Å². The Bertz CT molecular complexity index is 761. The van der Waals surface area contributed by atoms with Gasteiger partial charge < -0.3 is 11.1 Å². The minimum atomic E-state index is -0.628. The van der Waals surface area contributed by atoms with Crippen molar-refractivity contribution in [2.24, 2.45) is 0 Å². The van der Waals surface area contributed by atoms with E-state index in [0.29, 0.717) is 16.9 Å². The number of carbonyl (C=O) groups excluding carboxylic acids is 1. The number of aromatic nitrogens is 2. The van der Waals surface area contributed by atoms with Crippen molar-refractivity contribution in [3.8, 4) is 0 Å². The lowest BCUT2D eigenvalue weighted by Crippen LogP contribution is -2.34. The number of nitrogens with two attached hydrogens (primary N) is 1. The molecule has 104 valence electrons. The zero-order chi connectivity index (χ0) is 14.7. The second-order valence-electron chi connectivity index (χ2n) is 4.33. The largest absolute Gasteiger partial charge is 0.397 e. The number of hydrogen-bond donors (Lipinski definition) is 3. The number of benzene rings is 1. The summed E-state index contributed by atoms with van der Waals surface area (Å²) in [5.41, 5.74) is 5.89. The molecule has 0 spiro atoms. The minimum absolute atomic E-state index is 0.204. The topological polar surface area (TPSA) is 110 Å². The highest BCUT2D eigenvalue weighted by atomic mass is 16.2. The first-order chi connectivity index (χ1) is 9.47. The Balaban J connectivity index is 2.17. The summed E-state index contributed by atoms with van der Waals surface area (Å²) < 4.78 is 1.13. The average molecular weight is 274 g/mol. The van der Waals surface area contributed by atoms with Crippen LogP contribution in [0.4, 0.5) is 11.4 Å². The molecule has 0 atom stereocenters. The SMILES string of the molecule is Cc1cn(CC(=O)Nc2ccccc2N)c(=O)[nH]c1=O. The van der Waals surface area contributed by atoms with Gasteiger partial charge in [0.25, 0.3) is 5.56 Å². The minimum Gasteiger partial charge on any atom is -0.397 e. The smallest absolute Gasteiger partial charge is 0.328 e. The standard InChI is InChI=1S/C13H14N4O3/c1-8-6-17(13(20)16-12(8)19)7-11(18)15-10-5-3-2-4-9(10)14/h2-6H,7,14H2,1H3,(H,15,18)(H,16,19,20). The van der Waals surface area contributed by atoms with Crippen LogP contribution in [0.2, 0.25) is 0 Å². The number of nitrogens with zero attached hydrogens (tertiary/aromatic N) is 1. The molecular weight excluding hydrogens is 260 g/mol. The highest BCUT2D eigenvalue weighted by Crippen LogP contribution is 2.16. The van der Waals surface area contributed by atoms with E-state index < -0.39 is 17.2 Å². The number of H-pyrrole nitrogens is 1. The maximum absolute atomic E-state index is 11.9. The number of nitrogens with one attached hydrogen (secondary N) is 2. The van der Waals surface area contributed by atoms with E-state index in [1.165, 1.54) is 6.20 Å². The molecule has 2 aromatic rings. The van der Waals surface area contributed by atoms with Crippen molar-refractivity contribution in [3.63, 3.8) is 0 Å². The third-order valence-corrected chi connectivity index (χ3v) is 2.74. The van der Waals surface area contributed by atoms with E-state index in [1.807, 2.05) is 0 Å². The third-order valence-electron chi connectivity index (χ3n) is 2.74. The van der Waals surface area contributed by atoms with Gasteiger partial charge in [-0.25, -0.2) is 4.79 Å². The summed E-state index contributed by atoms with van der Waals surface area (Å²) in [6.07, 6.45) is 1.34. The first kappa shape index (κ1) is 13.6. The second kappa shape index (κ2) is 5.43. The van der Waals surface area contributed by atoms with Crippen LogP contribution in [-0.2, 0) is 11.3 Å². The summed E-state index contributed by atoms with van der Waals surface area (Å²) in [7, 11) is 0. The summed E-state index contributed by atoms with van der Waals surface area (Å²) in [4.78, 5) is 36.8. The number of hydrogen-bond acceptors (Lipinski definition) is 4. The van der Waals surface area contributed by atoms with Gasteiger partial charge in [-0.15, -0.1) is 0 Å². The molecule has 0 aliphatic heterocycles. The van der Waals surface area contributed by atoms with E-state index in [-0.39, 0.29) is 6.54 Å². The molecule has 2 rings (SSSR count). The van der Waals surface area contributed by atoms with Gasteiger partial charge in [-0.05, 0) is 19.1 Å². The van der Waals surface area contributed by atoms with E-state index in [2.05, 4.69) is 10.3 Å². The fraction of sp³-hybridized carbons (Fsp3) is 0.154. The van der Waals surface area contributed by atoms with Gasteiger partial charge in [0, 0.05) is 11.8 Å². The van der Waals surface area contributed by atoms with Crippen LogP contribution < -0.4 is 22.3 Å². The summed E-state index contributed by atoms with van der Waals surface area (Å²) in [6, 6.07) is 6.81. The molecule has 0 aliphatic rings. The van der Waals surface area contributed by atoms with Crippen molar-refractivity contribution >= 4 is 17.3 Å². The molecule has 0 bridgehead atoms. The van der Waals surface area contributed by atoms with Crippen molar-refractivity contribution in [2.75, 3.05) is 11.1 Å². The van der Waals surface area contributed by atoms with Gasteiger partial charge in [0.15, 0.2) is 0 Å². The van der Waals surface area contributed by atoms with Gasteiger partial charge >= 0.3 is 5.69 Å². The zero-order valence-electron chi connectivity index (χ0n) is 10.8. The summed E-state index contributed by atoms with van der Waals surface area (Å²) in [5, 5.41) is 2.60. The first-order valence-electron chi connectivity index (χ1n) is 5.92. The Kier molecular flexibility index (Phi) is 3.69. The van der Waals surface area contributed by atoms with Gasteiger partial charge in [0.2, 0.25) is 5.91 Å². The van der Waals surface area contributed by atoms with E-state index >= 15 is 0 Å². The van der Waals surface area contributed by atoms with Crippen LogP contribution in [0.1, 0.15) is 5.56 Å². The van der Waals surface area contributed by atoms with Crippen LogP contribution in [0.5, 0.6) is 0 Å². The molecule has 0 saturated carbocycles. The normalized spacial score (nSPS) is 10.2. The molecule has 4 N–H and O–H groups in total. The lowest BCUT2D eigenvalue weighted by atomic mass is 10.2. The Morgan fingerprint density at radius 3 is 2.75 bits per heavy atom. The van der Waals surface area contributed by atoms with Crippen molar-refractivity contribution in [1.82, 2.24) is 9.55 Å². The van der Waals surface area contributed by atoms with Crippen LogP contribution in [0, 0.1) is 6.92 Å². The predicted octanol–water partition coefficient (Wildman–Crippen LogP) is 0.0659. The van der Waals surface area contributed by atoms with Gasteiger partial charge in [0.1, 0.15) is 6.54 Å². The van der Waals surface area contributed by atoms with Crippen LogP contribution in [-0.4, -0.2) is 15.5 Å². The first-order valence-corrected chi connectivity index (χ1v) is 5.92. The summed E-state index contributed by atoms with van der Waals surface area (Å²) in [5.74, 6) is -0.406. The Morgan fingerprint density at radius 2 is 2.05 bits per heavy atom. The van der Waals surface area contributed by atoms with Gasteiger partial charge in [-0.2, -0.15) is 0 Å². The fourth-order valence-electron chi connectivity index (χ4n) is 1.69. The number of carbonyl (C=O) groups is 1. The zero-order valence-corrected chi connectivity index (χ0v) is 10.8. The average Bonchev–Trinajstić information content (AvgIpc) is 2.39. The molecule has 1 aromatic carbocycles. The molecule has 0 aliphatic carbocycles. The Morgan fingerprint density at radius 1 is 1.35 bits per heavy atom. The molecule has 7 nitrogen and oxygen atoms in total. The predicted molar refractivity (Wildman–Crippen MR) is 75.5 cm³/mol. The number of nitrogen functional groups attached to an aromatic ring is 1. The maximum Gasteiger partial charge on any atom is 0.328 e. The molecule has 1 aromatic heterocycles. The number of aromatic amines is 1. The molecular formula is C13H14N4O3. The molecule has 7 heteroatoms. The molecule has 0 unspecified atom stereocenters. The van der Waals surface area contributed by atoms with Gasteiger partial charge in [0.05, 0.1) is 11.4 Å². The molecule has 0 fully saturated rings. The summed E-state index contributed by atoms with van der Waals surface area (Å²) >= 11 is 0. The lowest BCUT2D eigenvalue weighted by Gasteiger charge is -2.09. The van der Waals surface area contributed by atoms with Crippen LogP contribution in [0.15, 0.2) is 40.1 Å². The third kappa shape index (κ3) is 2.94. The van der Waals surface area contributed by atoms with Crippen LogP contribution in [0.3, 0.4) is 0 Å².